The number of nitrogens with zero attached hydrogens (tertiary/aromatic N) is 4. The number of hydrogen-bond donors (Lipinski definition) is 0. The molecule has 3 rings (SSSR count). The normalized spacial score (nSPS) is 23.4. The van der Waals surface area contributed by atoms with Gasteiger partial charge in [-0.3, -0.25) is 0 Å². The number of anilines is 1. The van der Waals surface area contributed by atoms with Crippen LogP contribution in [-0.4, -0.2) is 41.0 Å². The summed E-state index contributed by atoms with van der Waals surface area (Å²) < 4.78 is 0. The summed E-state index contributed by atoms with van der Waals surface area (Å²) >= 11 is 0. The summed E-state index contributed by atoms with van der Waals surface area (Å²) in [6, 6.07) is 0.635. The fourth-order valence-electron chi connectivity index (χ4n) is 3.74. The number of fused-ring (bicyclic) bond motifs is 1. The van der Waals surface area contributed by atoms with Crippen molar-refractivity contribution in [2.75, 3.05) is 25.0 Å². The molecule has 21 heavy (non-hydrogen) atoms. The molecule has 0 aliphatic carbocycles. The lowest BCUT2D eigenvalue weighted by atomic mass is 9.87. The van der Waals surface area contributed by atoms with Gasteiger partial charge in [-0.25, -0.2) is 9.97 Å². The first kappa shape index (κ1) is 14.8. The minimum absolute atomic E-state index is 0.372. The highest BCUT2D eigenvalue weighted by Gasteiger charge is 2.32. The van der Waals surface area contributed by atoms with E-state index in [0.29, 0.717) is 11.5 Å². The van der Waals surface area contributed by atoms with Crippen LogP contribution >= 0.6 is 0 Å². The summed E-state index contributed by atoms with van der Waals surface area (Å²) in [4.78, 5) is 14.1. The van der Waals surface area contributed by atoms with E-state index in [1.807, 2.05) is 0 Å². The van der Waals surface area contributed by atoms with Gasteiger partial charge in [0.1, 0.15) is 12.1 Å². The quantitative estimate of drug-likeness (QED) is 0.837. The maximum Gasteiger partial charge on any atom is 0.137 e. The molecular weight excluding hydrogens is 260 g/mol. The van der Waals surface area contributed by atoms with Crippen molar-refractivity contribution in [3.8, 4) is 0 Å². The highest BCUT2D eigenvalue weighted by molar-refractivity contribution is 5.51. The van der Waals surface area contributed by atoms with Gasteiger partial charge in [0.25, 0.3) is 0 Å². The topological polar surface area (TPSA) is 32.3 Å². The lowest BCUT2D eigenvalue weighted by Crippen LogP contribution is -2.36. The predicted molar refractivity (Wildman–Crippen MR) is 86.5 cm³/mol. The van der Waals surface area contributed by atoms with E-state index in [4.69, 9.17) is 0 Å². The SMILES string of the molecule is CN1CCc2ncnc(N3CCCC3CC(C)(C)C)c2C1. The Morgan fingerprint density at radius 3 is 2.81 bits per heavy atom. The summed E-state index contributed by atoms with van der Waals surface area (Å²) in [6.07, 6.45) is 6.65. The largest absolute Gasteiger partial charge is 0.353 e. The second-order valence-corrected chi connectivity index (χ2v) is 7.86. The first-order valence-corrected chi connectivity index (χ1v) is 8.22. The molecule has 1 fully saturated rings. The second-order valence-electron chi connectivity index (χ2n) is 7.86. The van der Waals surface area contributed by atoms with Crippen LogP contribution in [0.25, 0.3) is 0 Å². The first-order valence-electron chi connectivity index (χ1n) is 8.22. The van der Waals surface area contributed by atoms with Crippen LogP contribution in [0.5, 0.6) is 0 Å². The standard InChI is InChI=1S/C17H28N4/c1-17(2,3)10-13-6-5-8-21(13)16-14-11-20(4)9-7-15(14)18-12-19-16/h12-13H,5-11H2,1-4H3. The molecule has 1 aromatic heterocycles. The zero-order valence-electron chi connectivity index (χ0n) is 13.9. The molecule has 1 saturated heterocycles. The first-order chi connectivity index (χ1) is 9.94. The van der Waals surface area contributed by atoms with Crippen LogP contribution in [0.1, 0.15) is 51.3 Å². The van der Waals surface area contributed by atoms with E-state index in [0.717, 1.165) is 26.1 Å². The van der Waals surface area contributed by atoms with E-state index in [-0.39, 0.29) is 0 Å². The molecule has 4 heteroatoms. The lowest BCUT2D eigenvalue weighted by molar-refractivity contribution is 0.307. The van der Waals surface area contributed by atoms with Crippen molar-refractivity contribution in [3.63, 3.8) is 0 Å². The second kappa shape index (κ2) is 5.56. The molecule has 1 aromatic rings. The number of hydrogen-bond acceptors (Lipinski definition) is 4. The Labute approximate surface area is 128 Å². The Morgan fingerprint density at radius 2 is 2.05 bits per heavy atom. The third-order valence-electron chi connectivity index (χ3n) is 4.67. The van der Waals surface area contributed by atoms with Crippen LogP contribution in [0.3, 0.4) is 0 Å². The van der Waals surface area contributed by atoms with E-state index in [1.54, 1.807) is 6.33 Å². The van der Waals surface area contributed by atoms with Crippen molar-refractivity contribution >= 4 is 5.82 Å². The Balaban J connectivity index is 1.89. The van der Waals surface area contributed by atoms with Gasteiger partial charge in [0.15, 0.2) is 0 Å². The molecule has 116 valence electrons. The highest BCUT2D eigenvalue weighted by Crippen LogP contribution is 2.35. The smallest absolute Gasteiger partial charge is 0.137 e. The van der Waals surface area contributed by atoms with Crippen molar-refractivity contribution in [3.05, 3.63) is 17.6 Å². The van der Waals surface area contributed by atoms with Crippen molar-refractivity contribution in [1.82, 2.24) is 14.9 Å². The molecule has 1 unspecified atom stereocenters. The van der Waals surface area contributed by atoms with Crippen LogP contribution in [0.4, 0.5) is 5.82 Å². The third kappa shape index (κ3) is 3.20. The zero-order chi connectivity index (χ0) is 15.0. The molecule has 0 amide bonds. The van der Waals surface area contributed by atoms with Crippen molar-refractivity contribution in [2.24, 2.45) is 5.41 Å². The Kier molecular flexibility index (Phi) is 3.91. The van der Waals surface area contributed by atoms with Crippen molar-refractivity contribution in [1.29, 1.82) is 0 Å². The van der Waals surface area contributed by atoms with Gasteiger partial charge in [0.05, 0.1) is 5.69 Å². The average molecular weight is 288 g/mol. The molecule has 2 aliphatic heterocycles. The molecule has 0 saturated carbocycles. The molecule has 0 aromatic carbocycles. The van der Waals surface area contributed by atoms with E-state index >= 15 is 0 Å². The molecule has 0 N–H and O–H groups in total. The summed E-state index contributed by atoms with van der Waals surface area (Å²) in [5.74, 6) is 1.21. The zero-order valence-corrected chi connectivity index (χ0v) is 13.9. The van der Waals surface area contributed by atoms with Crippen molar-refractivity contribution in [2.45, 2.75) is 59.0 Å². The van der Waals surface area contributed by atoms with Crippen molar-refractivity contribution < 1.29 is 0 Å². The predicted octanol–water partition coefficient (Wildman–Crippen LogP) is 2.87. The molecule has 3 heterocycles. The van der Waals surface area contributed by atoms with E-state index < -0.39 is 0 Å². The van der Waals surface area contributed by atoms with Gasteiger partial charge in [-0.2, -0.15) is 0 Å². The van der Waals surface area contributed by atoms with Gasteiger partial charge in [0, 0.05) is 37.7 Å². The van der Waals surface area contributed by atoms with Gasteiger partial charge in [-0.05, 0) is 31.7 Å². The maximum atomic E-state index is 4.68. The van der Waals surface area contributed by atoms with Gasteiger partial charge in [-0.1, -0.05) is 20.8 Å². The summed E-state index contributed by atoms with van der Waals surface area (Å²) in [5, 5.41) is 0. The molecule has 2 aliphatic rings. The van der Waals surface area contributed by atoms with E-state index in [2.05, 4.69) is 47.6 Å². The van der Waals surface area contributed by atoms with E-state index in [1.165, 1.54) is 36.3 Å². The van der Waals surface area contributed by atoms with Gasteiger partial charge in [0.2, 0.25) is 0 Å². The van der Waals surface area contributed by atoms with Crippen LogP contribution in [0.2, 0.25) is 0 Å². The highest BCUT2D eigenvalue weighted by atomic mass is 15.2. The Morgan fingerprint density at radius 1 is 1.24 bits per heavy atom. The molecule has 0 spiro atoms. The summed E-state index contributed by atoms with van der Waals surface area (Å²) in [6.45, 7) is 10.3. The Bertz CT molecular complexity index is 506. The summed E-state index contributed by atoms with van der Waals surface area (Å²) in [5.41, 5.74) is 3.00. The minimum atomic E-state index is 0.372. The number of likely N-dealkylation sites (N-methyl/N-ethyl adjacent to an activating group) is 1. The monoisotopic (exact) mass is 288 g/mol. The molecule has 0 radical (unpaired) electrons. The lowest BCUT2D eigenvalue weighted by Gasteiger charge is -2.34. The van der Waals surface area contributed by atoms with E-state index in [9.17, 15) is 0 Å². The van der Waals surface area contributed by atoms with Gasteiger partial charge >= 0.3 is 0 Å². The number of rotatable bonds is 2. The van der Waals surface area contributed by atoms with Gasteiger partial charge in [-0.15, -0.1) is 0 Å². The fraction of sp³-hybridized carbons (Fsp3) is 0.765. The summed E-state index contributed by atoms with van der Waals surface area (Å²) in [7, 11) is 2.19. The Hall–Kier alpha value is -1.16. The molecule has 0 bridgehead atoms. The average Bonchev–Trinajstić information content (AvgIpc) is 2.83. The van der Waals surface area contributed by atoms with Crippen LogP contribution in [-0.2, 0) is 13.0 Å². The third-order valence-corrected chi connectivity index (χ3v) is 4.67. The minimum Gasteiger partial charge on any atom is -0.353 e. The maximum absolute atomic E-state index is 4.68. The van der Waals surface area contributed by atoms with Gasteiger partial charge < -0.3 is 9.80 Å². The molecular formula is C17H28N4. The van der Waals surface area contributed by atoms with Crippen LogP contribution in [0.15, 0.2) is 6.33 Å². The molecule has 4 nitrogen and oxygen atoms in total. The van der Waals surface area contributed by atoms with Crippen LogP contribution < -0.4 is 4.90 Å². The van der Waals surface area contributed by atoms with Crippen LogP contribution in [0, 0.1) is 5.41 Å². The molecule has 1 atom stereocenters. The fourth-order valence-corrected chi connectivity index (χ4v) is 3.74. The number of aromatic nitrogens is 2.